The van der Waals surface area contributed by atoms with E-state index in [-0.39, 0.29) is 24.0 Å². The van der Waals surface area contributed by atoms with Gasteiger partial charge in [0, 0.05) is 26.8 Å². The SMILES string of the molecule is CCOCCC1(CNC(=NC)NCc2nc(C)no2)CCCC1.I. The van der Waals surface area contributed by atoms with Crippen molar-refractivity contribution < 1.29 is 9.26 Å². The van der Waals surface area contributed by atoms with Crippen molar-refractivity contribution in [2.75, 3.05) is 26.8 Å². The van der Waals surface area contributed by atoms with Crippen molar-refractivity contribution in [3.05, 3.63) is 11.7 Å². The normalized spacial score (nSPS) is 16.7. The maximum Gasteiger partial charge on any atom is 0.246 e. The quantitative estimate of drug-likeness (QED) is 0.274. The third-order valence-electron chi connectivity index (χ3n) is 4.48. The number of aryl methyl sites for hydroxylation is 1. The lowest BCUT2D eigenvalue weighted by atomic mass is 9.83. The molecule has 0 amide bonds. The Morgan fingerprint density at radius 3 is 2.67 bits per heavy atom. The highest BCUT2D eigenvalue weighted by Gasteiger charge is 2.33. The molecule has 1 fully saturated rings. The van der Waals surface area contributed by atoms with Crippen LogP contribution in [0.15, 0.2) is 9.52 Å². The van der Waals surface area contributed by atoms with Gasteiger partial charge >= 0.3 is 0 Å². The lowest BCUT2D eigenvalue weighted by Crippen LogP contribution is -2.43. The second-order valence-electron chi connectivity index (χ2n) is 6.17. The summed E-state index contributed by atoms with van der Waals surface area (Å²) in [4.78, 5) is 8.45. The molecular formula is C16H30IN5O2. The van der Waals surface area contributed by atoms with E-state index in [2.05, 4.69) is 25.8 Å². The Bertz CT molecular complexity index is 500. The second kappa shape index (κ2) is 10.9. The average Bonchev–Trinajstić information content (AvgIpc) is 3.18. The van der Waals surface area contributed by atoms with Crippen molar-refractivity contribution in [1.82, 2.24) is 20.8 Å². The Hall–Kier alpha value is -0.900. The lowest BCUT2D eigenvalue weighted by Gasteiger charge is -2.30. The molecule has 1 saturated carbocycles. The van der Waals surface area contributed by atoms with Crippen LogP contribution in [0.4, 0.5) is 0 Å². The molecule has 2 N–H and O–H groups in total. The molecule has 24 heavy (non-hydrogen) atoms. The lowest BCUT2D eigenvalue weighted by molar-refractivity contribution is 0.105. The molecule has 0 atom stereocenters. The first-order chi connectivity index (χ1) is 11.2. The molecule has 2 rings (SSSR count). The Balaban J connectivity index is 0.00000288. The van der Waals surface area contributed by atoms with Gasteiger partial charge in [0.1, 0.15) is 0 Å². The van der Waals surface area contributed by atoms with Crippen LogP contribution in [0.2, 0.25) is 0 Å². The van der Waals surface area contributed by atoms with Crippen LogP contribution in [0.25, 0.3) is 0 Å². The fourth-order valence-corrected chi connectivity index (χ4v) is 3.14. The molecule has 138 valence electrons. The monoisotopic (exact) mass is 451 g/mol. The van der Waals surface area contributed by atoms with Gasteiger partial charge in [-0.3, -0.25) is 4.99 Å². The molecule has 0 unspecified atom stereocenters. The topological polar surface area (TPSA) is 84.6 Å². The van der Waals surface area contributed by atoms with E-state index >= 15 is 0 Å². The standard InChI is InChI=1S/C16H29N5O2.HI/c1-4-22-10-9-16(7-5-6-8-16)12-19-15(17-3)18-11-14-20-13(2)21-23-14;/h4-12H2,1-3H3,(H2,17,18,19);1H. The van der Waals surface area contributed by atoms with E-state index in [1.807, 2.05) is 13.8 Å². The Kier molecular flexibility index (Phi) is 9.57. The van der Waals surface area contributed by atoms with E-state index in [0.29, 0.717) is 23.7 Å². The number of guanidine groups is 1. The summed E-state index contributed by atoms with van der Waals surface area (Å²) >= 11 is 0. The van der Waals surface area contributed by atoms with Crippen LogP contribution < -0.4 is 10.6 Å². The van der Waals surface area contributed by atoms with Gasteiger partial charge in [-0.2, -0.15) is 4.98 Å². The first-order valence-corrected chi connectivity index (χ1v) is 8.49. The van der Waals surface area contributed by atoms with Gasteiger partial charge in [-0.25, -0.2) is 0 Å². The van der Waals surface area contributed by atoms with Crippen LogP contribution in [0.5, 0.6) is 0 Å². The third-order valence-corrected chi connectivity index (χ3v) is 4.48. The van der Waals surface area contributed by atoms with Crippen molar-refractivity contribution >= 4 is 29.9 Å². The van der Waals surface area contributed by atoms with Crippen molar-refractivity contribution in [3.63, 3.8) is 0 Å². The molecule has 0 spiro atoms. The Labute approximate surface area is 161 Å². The fourth-order valence-electron chi connectivity index (χ4n) is 3.14. The average molecular weight is 451 g/mol. The van der Waals surface area contributed by atoms with E-state index in [0.717, 1.165) is 32.1 Å². The zero-order valence-electron chi connectivity index (χ0n) is 14.9. The summed E-state index contributed by atoms with van der Waals surface area (Å²) in [6, 6.07) is 0. The number of nitrogens with one attached hydrogen (secondary N) is 2. The molecule has 0 aliphatic heterocycles. The van der Waals surface area contributed by atoms with Crippen LogP contribution in [0.3, 0.4) is 0 Å². The van der Waals surface area contributed by atoms with Crippen molar-refractivity contribution in [2.45, 2.75) is 52.5 Å². The number of aliphatic imine (C=N–C) groups is 1. The highest BCUT2D eigenvalue weighted by Crippen LogP contribution is 2.40. The van der Waals surface area contributed by atoms with Gasteiger partial charge in [0.2, 0.25) is 5.89 Å². The van der Waals surface area contributed by atoms with Crippen molar-refractivity contribution in [3.8, 4) is 0 Å². The summed E-state index contributed by atoms with van der Waals surface area (Å²) < 4.78 is 10.7. The van der Waals surface area contributed by atoms with Gasteiger partial charge < -0.3 is 19.9 Å². The first kappa shape index (κ1) is 21.1. The molecular weight excluding hydrogens is 421 g/mol. The highest BCUT2D eigenvalue weighted by molar-refractivity contribution is 14.0. The Morgan fingerprint density at radius 2 is 2.08 bits per heavy atom. The number of halogens is 1. The van der Waals surface area contributed by atoms with Crippen molar-refractivity contribution in [2.24, 2.45) is 10.4 Å². The summed E-state index contributed by atoms with van der Waals surface area (Å²) in [5.41, 5.74) is 0.327. The van der Waals surface area contributed by atoms with Crippen molar-refractivity contribution in [1.29, 1.82) is 0 Å². The van der Waals surface area contributed by atoms with Crippen LogP contribution in [-0.2, 0) is 11.3 Å². The maximum atomic E-state index is 5.56. The Morgan fingerprint density at radius 1 is 1.33 bits per heavy atom. The predicted molar refractivity (Wildman–Crippen MR) is 105 cm³/mol. The zero-order valence-corrected chi connectivity index (χ0v) is 17.3. The van der Waals surface area contributed by atoms with Crippen LogP contribution in [-0.4, -0.2) is 42.9 Å². The molecule has 1 heterocycles. The van der Waals surface area contributed by atoms with Crippen LogP contribution in [0, 0.1) is 12.3 Å². The minimum absolute atomic E-state index is 0. The number of nitrogens with zero attached hydrogens (tertiary/aromatic N) is 3. The molecule has 0 saturated heterocycles. The van der Waals surface area contributed by atoms with Gasteiger partial charge in [0.15, 0.2) is 11.8 Å². The molecule has 0 aromatic carbocycles. The second-order valence-corrected chi connectivity index (χ2v) is 6.17. The van der Waals surface area contributed by atoms with Crippen LogP contribution >= 0.6 is 24.0 Å². The van der Waals surface area contributed by atoms with E-state index in [9.17, 15) is 0 Å². The number of hydrogen-bond acceptors (Lipinski definition) is 5. The largest absolute Gasteiger partial charge is 0.382 e. The molecule has 1 aromatic heterocycles. The smallest absolute Gasteiger partial charge is 0.246 e. The molecule has 1 aromatic rings. The molecule has 7 nitrogen and oxygen atoms in total. The molecule has 8 heteroatoms. The first-order valence-electron chi connectivity index (χ1n) is 8.49. The molecule has 1 aliphatic carbocycles. The minimum Gasteiger partial charge on any atom is -0.382 e. The number of ether oxygens (including phenoxy) is 1. The summed E-state index contributed by atoms with van der Waals surface area (Å²) in [5, 5.41) is 10.5. The summed E-state index contributed by atoms with van der Waals surface area (Å²) in [6.07, 6.45) is 6.23. The van der Waals surface area contributed by atoms with E-state index in [1.54, 1.807) is 7.05 Å². The van der Waals surface area contributed by atoms with Gasteiger partial charge in [-0.15, -0.1) is 24.0 Å². The van der Waals surface area contributed by atoms with Gasteiger partial charge in [0.25, 0.3) is 0 Å². The molecule has 0 radical (unpaired) electrons. The highest BCUT2D eigenvalue weighted by atomic mass is 127. The third kappa shape index (κ3) is 6.54. The van der Waals surface area contributed by atoms with E-state index in [4.69, 9.17) is 9.26 Å². The van der Waals surface area contributed by atoms with Gasteiger partial charge in [0.05, 0.1) is 6.54 Å². The van der Waals surface area contributed by atoms with E-state index < -0.39 is 0 Å². The number of rotatable bonds is 8. The molecule has 1 aliphatic rings. The van der Waals surface area contributed by atoms with Gasteiger partial charge in [-0.05, 0) is 38.5 Å². The van der Waals surface area contributed by atoms with E-state index in [1.165, 1.54) is 25.7 Å². The minimum atomic E-state index is 0. The zero-order chi connectivity index (χ0) is 16.5. The number of aromatic nitrogens is 2. The summed E-state index contributed by atoms with van der Waals surface area (Å²) in [7, 11) is 1.77. The summed E-state index contributed by atoms with van der Waals surface area (Å²) in [5.74, 6) is 1.98. The predicted octanol–water partition coefficient (Wildman–Crippen LogP) is 2.65. The maximum absolute atomic E-state index is 5.56. The van der Waals surface area contributed by atoms with Gasteiger partial charge in [-0.1, -0.05) is 18.0 Å². The molecule has 0 bridgehead atoms. The van der Waals surface area contributed by atoms with Crippen LogP contribution in [0.1, 0.15) is 50.7 Å². The fraction of sp³-hybridized carbons (Fsp3) is 0.812. The number of hydrogen-bond donors (Lipinski definition) is 2. The summed E-state index contributed by atoms with van der Waals surface area (Å²) in [6.45, 7) is 6.88.